The number of carbonyl (C=O) groups is 1. The second-order valence-corrected chi connectivity index (χ2v) is 10.9. The number of carbonyl (C=O) groups excluding carboxylic acids is 1. The lowest BCUT2D eigenvalue weighted by Gasteiger charge is -2.38. The molecule has 0 amide bonds. The molecule has 2 heterocycles. The average molecular weight is 563 g/mol. The van der Waals surface area contributed by atoms with Crippen LogP contribution in [0.5, 0.6) is 0 Å². The van der Waals surface area contributed by atoms with Gasteiger partial charge in [0, 0.05) is 31.1 Å². The summed E-state index contributed by atoms with van der Waals surface area (Å²) in [6, 6.07) is 0. The predicted octanol–water partition coefficient (Wildman–Crippen LogP) is 0.500. The van der Waals surface area contributed by atoms with Crippen LogP contribution < -0.4 is 16.1 Å². The number of aromatic nitrogens is 2. The zero-order valence-corrected chi connectivity index (χ0v) is 24.0. The number of hydrogen-bond donors (Lipinski definition) is 2. The fraction of sp³-hybridized carbons (Fsp3) is 0.792. The number of nitrogens with one attached hydrogen (secondary N) is 1. The van der Waals surface area contributed by atoms with Crippen LogP contribution in [-0.4, -0.2) is 94.4 Å². The highest BCUT2D eigenvalue weighted by atomic mass is 31.2. The van der Waals surface area contributed by atoms with Gasteiger partial charge in [-0.3, -0.25) is 28.6 Å². The monoisotopic (exact) mass is 562 g/mol. The lowest BCUT2D eigenvalue weighted by molar-refractivity contribution is -0.924. The minimum Gasteiger partial charge on any atom is -0.756 e. The second-order valence-electron chi connectivity index (χ2n) is 9.69. The summed E-state index contributed by atoms with van der Waals surface area (Å²) in [5.74, 6) is -0.474. The van der Waals surface area contributed by atoms with Crippen LogP contribution in [0.1, 0.15) is 58.7 Å². The first kappa shape index (κ1) is 32.4. The molecular formula is C24H43N4O9P. The van der Waals surface area contributed by atoms with Crippen molar-refractivity contribution in [1.29, 1.82) is 0 Å². The van der Waals surface area contributed by atoms with Crippen molar-refractivity contribution in [3.05, 3.63) is 32.6 Å². The zero-order chi connectivity index (χ0) is 28.5. The highest BCUT2D eigenvalue weighted by Gasteiger charge is 2.40. The van der Waals surface area contributed by atoms with Crippen LogP contribution in [0.4, 0.5) is 0 Å². The van der Waals surface area contributed by atoms with Crippen LogP contribution in [0.2, 0.25) is 0 Å². The molecule has 0 aromatic carbocycles. The molecule has 1 aliphatic rings. The number of aromatic amines is 1. The third-order valence-electron chi connectivity index (χ3n) is 7.46. The summed E-state index contributed by atoms with van der Waals surface area (Å²) < 4.78 is 29.0. The minimum absolute atomic E-state index is 0.0353. The predicted molar refractivity (Wildman–Crippen MR) is 138 cm³/mol. The van der Waals surface area contributed by atoms with Gasteiger partial charge in [-0.05, 0) is 33.9 Å². The Labute approximate surface area is 223 Å². The molecule has 2 N–H and O–H groups in total. The maximum absolute atomic E-state index is 12.8. The van der Waals surface area contributed by atoms with Crippen molar-refractivity contribution in [2.24, 2.45) is 0 Å². The Balaban J connectivity index is 2.04. The average Bonchev–Trinajstić information content (AvgIpc) is 3.26. The molecule has 218 valence electrons. The summed E-state index contributed by atoms with van der Waals surface area (Å²) >= 11 is 0. The van der Waals surface area contributed by atoms with E-state index in [9.17, 15) is 23.8 Å². The van der Waals surface area contributed by atoms with Gasteiger partial charge in [0.15, 0.2) is 0 Å². The van der Waals surface area contributed by atoms with Crippen LogP contribution in [-0.2, 0) is 23.4 Å². The second kappa shape index (κ2) is 14.5. The van der Waals surface area contributed by atoms with Crippen LogP contribution >= 0.6 is 7.82 Å². The van der Waals surface area contributed by atoms with E-state index < -0.39 is 50.1 Å². The van der Waals surface area contributed by atoms with Gasteiger partial charge in [-0.2, -0.15) is 0 Å². The number of H-pyrrole nitrogens is 1. The van der Waals surface area contributed by atoms with Gasteiger partial charge in [-0.1, -0.05) is 13.8 Å². The number of esters is 1. The van der Waals surface area contributed by atoms with Gasteiger partial charge >= 0.3 is 11.7 Å². The lowest BCUT2D eigenvalue weighted by atomic mass is 10.1. The summed E-state index contributed by atoms with van der Waals surface area (Å²) in [5, 5.41) is 0. The van der Waals surface area contributed by atoms with Crippen molar-refractivity contribution in [3.63, 3.8) is 0 Å². The molecular weight excluding hydrogens is 519 g/mol. The normalized spacial score (nSPS) is 21.5. The molecule has 0 aliphatic carbocycles. The molecule has 1 saturated heterocycles. The Morgan fingerprint density at radius 1 is 1.26 bits per heavy atom. The third kappa shape index (κ3) is 9.41. The molecule has 4 atom stereocenters. The molecule has 1 fully saturated rings. The first-order valence-corrected chi connectivity index (χ1v) is 14.8. The van der Waals surface area contributed by atoms with E-state index in [1.807, 2.05) is 0 Å². The van der Waals surface area contributed by atoms with Gasteiger partial charge in [0.25, 0.3) is 13.4 Å². The Morgan fingerprint density at radius 2 is 1.92 bits per heavy atom. The van der Waals surface area contributed by atoms with Gasteiger partial charge in [0.2, 0.25) is 0 Å². The molecule has 2 rings (SSSR count). The number of hydrogen-bond acceptors (Lipinski definition) is 9. The number of nitrogens with zero attached hydrogens (tertiary/aromatic N) is 3. The van der Waals surface area contributed by atoms with Crippen molar-refractivity contribution in [2.75, 3.05) is 52.4 Å². The van der Waals surface area contributed by atoms with Gasteiger partial charge in [-0.15, -0.1) is 0 Å². The molecule has 1 aromatic heterocycles. The van der Waals surface area contributed by atoms with Crippen molar-refractivity contribution in [3.8, 4) is 0 Å². The molecule has 1 unspecified atom stereocenters. The van der Waals surface area contributed by atoms with Crippen molar-refractivity contribution in [1.82, 2.24) is 14.5 Å². The molecule has 1 aromatic rings. The number of aryl methyl sites for hydroxylation is 1. The Bertz CT molecular complexity index is 1060. The van der Waals surface area contributed by atoms with E-state index in [4.69, 9.17) is 14.4 Å². The van der Waals surface area contributed by atoms with Gasteiger partial charge in [0.05, 0.1) is 39.2 Å². The summed E-state index contributed by atoms with van der Waals surface area (Å²) in [6.07, 6.45) is -0.763. The van der Waals surface area contributed by atoms with E-state index >= 15 is 0 Å². The molecule has 1 aliphatic heterocycles. The van der Waals surface area contributed by atoms with Gasteiger partial charge < -0.3 is 28.3 Å². The largest absolute Gasteiger partial charge is 0.756 e. The Morgan fingerprint density at radius 3 is 2.50 bits per heavy atom. The van der Waals surface area contributed by atoms with E-state index in [1.54, 1.807) is 0 Å². The van der Waals surface area contributed by atoms with Crippen molar-refractivity contribution in [2.45, 2.75) is 72.3 Å². The van der Waals surface area contributed by atoms with E-state index in [0.29, 0.717) is 6.42 Å². The number of likely N-dealkylation sites (N-methyl/N-ethyl adjacent to an activating group) is 2. The van der Waals surface area contributed by atoms with Crippen LogP contribution in [0.15, 0.2) is 15.8 Å². The molecule has 38 heavy (non-hydrogen) atoms. The summed E-state index contributed by atoms with van der Waals surface area (Å²) in [7, 11) is -5.05. The number of rotatable bonds is 16. The molecule has 0 saturated carbocycles. The quantitative estimate of drug-likeness (QED) is 0.165. The number of ether oxygens (including phenoxy) is 2. The third-order valence-corrected chi connectivity index (χ3v) is 7.94. The fourth-order valence-electron chi connectivity index (χ4n) is 4.76. The van der Waals surface area contributed by atoms with Gasteiger partial charge in [0.1, 0.15) is 18.4 Å². The van der Waals surface area contributed by atoms with E-state index in [0.717, 1.165) is 54.9 Å². The van der Waals surface area contributed by atoms with Crippen LogP contribution in [0, 0.1) is 6.92 Å². The van der Waals surface area contributed by atoms with E-state index in [2.05, 4.69) is 42.1 Å². The summed E-state index contributed by atoms with van der Waals surface area (Å²) in [6.45, 7) is 16.2. The Hall–Kier alpha value is -1.86. The molecule has 0 bridgehead atoms. The fourth-order valence-corrected chi connectivity index (χ4v) is 5.10. The lowest BCUT2D eigenvalue weighted by Crippen LogP contribution is -2.52. The summed E-state index contributed by atoms with van der Waals surface area (Å²) in [4.78, 5) is 61.5. The highest BCUT2D eigenvalue weighted by molar-refractivity contribution is 7.44. The van der Waals surface area contributed by atoms with Gasteiger partial charge in [-0.25, -0.2) is 4.79 Å². The SMILES string of the molecule is CCN(CC)CC[N+](CC)(CC)CCCC(=O)O[C@H]1C[C@H](n2cc(C)c(=O)[nH]c2=O)O[C@@H]1COP(=O)([O-])O. The van der Waals surface area contributed by atoms with Crippen molar-refractivity contribution < 1.29 is 37.6 Å². The molecule has 14 heteroatoms. The minimum atomic E-state index is -5.05. The zero-order valence-electron chi connectivity index (χ0n) is 23.1. The smallest absolute Gasteiger partial charge is 0.330 e. The molecule has 0 spiro atoms. The number of phosphoric acid groups is 1. The van der Waals surface area contributed by atoms with Crippen LogP contribution in [0.3, 0.4) is 0 Å². The highest BCUT2D eigenvalue weighted by Crippen LogP contribution is 2.35. The number of quaternary nitrogens is 1. The Kier molecular flexibility index (Phi) is 12.3. The van der Waals surface area contributed by atoms with Crippen LogP contribution in [0.25, 0.3) is 0 Å². The van der Waals surface area contributed by atoms with E-state index in [1.165, 1.54) is 13.1 Å². The topological polar surface area (TPSA) is 163 Å². The maximum atomic E-state index is 12.8. The molecule has 13 nitrogen and oxygen atoms in total. The molecule has 0 radical (unpaired) electrons. The summed E-state index contributed by atoms with van der Waals surface area (Å²) in [5.41, 5.74) is -0.979. The van der Waals surface area contributed by atoms with E-state index in [-0.39, 0.29) is 18.4 Å². The number of phosphoric ester groups is 1. The van der Waals surface area contributed by atoms with Crippen molar-refractivity contribution >= 4 is 13.8 Å². The first-order chi connectivity index (χ1) is 17.9. The first-order valence-electron chi connectivity index (χ1n) is 13.3. The standard InChI is InChI=1S/C24H43N4O9P/c1-6-26(7-2)12-14-28(8-3,9-4)13-10-11-22(29)37-19-15-21(36-20(19)17-35-38(32,33)34)27-16-18(5)23(30)25-24(27)31/h16,19-21H,6-15,17H2,1-5H3,(H2-,25,30,31,32,33,34)/t19-,20+,21+/m0/s1. The maximum Gasteiger partial charge on any atom is 0.330 e.